The molecule has 1 unspecified atom stereocenters. The number of hydrogen-bond acceptors (Lipinski definition) is 3. The highest BCUT2D eigenvalue weighted by Gasteiger charge is 2.31. The highest BCUT2D eigenvalue weighted by Crippen LogP contribution is 2.22. The van der Waals surface area contributed by atoms with Gasteiger partial charge in [-0.1, -0.05) is 12.8 Å². The Morgan fingerprint density at radius 1 is 1.05 bits per heavy atom. The van der Waals surface area contributed by atoms with Crippen molar-refractivity contribution in [2.75, 3.05) is 32.7 Å². The van der Waals surface area contributed by atoms with Gasteiger partial charge in [-0.3, -0.25) is 9.69 Å². The number of nitrogens with zero attached hydrogens (tertiary/aromatic N) is 2. The van der Waals surface area contributed by atoms with Crippen molar-refractivity contribution >= 4 is 30.7 Å². The van der Waals surface area contributed by atoms with E-state index in [1.807, 2.05) is 0 Å². The van der Waals surface area contributed by atoms with Gasteiger partial charge in [0, 0.05) is 32.1 Å². The van der Waals surface area contributed by atoms with Crippen LogP contribution in [-0.2, 0) is 4.79 Å². The second kappa shape index (κ2) is 10.7. The van der Waals surface area contributed by atoms with Crippen molar-refractivity contribution in [2.45, 2.75) is 51.0 Å². The number of fused-ring (bicyclic) bond motifs is 1. The van der Waals surface area contributed by atoms with Crippen molar-refractivity contribution in [2.24, 2.45) is 5.73 Å². The zero-order chi connectivity index (χ0) is 12.8. The fourth-order valence-corrected chi connectivity index (χ4v) is 3.15. The Balaban J connectivity index is 0.00000180. The summed E-state index contributed by atoms with van der Waals surface area (Å²) in [7, 11) is 0. The molecule has 20 heavy (non-hydrogen) atoms. The zero-order valence-electron chi connectivity index (χ0n) is 12.3. The Bertz CT molecular complexity index is 279. The van der Waals surface area contributed by atoms with Crippen LogP contribution in [-0.4, -0.2) is 54.5 Å². The summed E-state index contributed by atoms with van der Waals surface area (Å²) in [6.07, 6.45) is 7.76. The lowest BCUT2D eigenvalue weighted by Crippen LogP contribution is -2.52. The Hall–Kier alpha value is -0.0300. The summed E-state index contributed by atoms with van der Waals surface area (Å²) in [6.45, 7) is 5.02. The molecule has 0 bridgehead atoms. The van der Waals surface area contributed by atoms with Gasteiger partial charge in [-0.05, 0) is 38.8 Å². The standard InChI is InChI=1S/C14H27N3O.2ClH/c15-8-4-2-1-3-7-14(18)17-11-10-16-9-5-6-13(16)12-17;;/h13H,1-12,15H2;2*1H. The molecule has 4 nitrogen and oxygen atoms in total. The number of carbonyl (C=O) groups is 1. The zero-order valence-corrected chi connectivity index (χ0v) is 13.9. The molecule has 0 aliphatic carbocycles. The van der Waals surface area contributed by atoms with Crippen LogP contribution < -0.4 is 5.73 Å². The topological polar surface area (TPSA) is 49.6 Å². The van der Waals surface area contributed by atoms with Crippen LogP contribution in [0, 0.1) is 0 Å². The molecule has 2 heterocycles. The van der Waals surface area contributed by atoms with E-state index in [-0.39, 0.29) is 24.8 Å². The van der Waals surface area contributed by atoms with Gasteiger partial charge in [0.05, 0.1) is 0 Å². The van der Waals surface area contributed by atoms with Gasteiger partial charge in [-0.2, -0.15) is 0 Å². The Morgan fingerprint density at radius 2 is 1.80 bits per heavy atom. The number of rotatable bonds is 6. The van der Waals surface area contributed by atoms with Gasteiger partial charge in [-0.15, -0.1) is 24.8 Å². The van der Waals surface area contributed by atoms with E-state index in [0.717, 1.165) is 51.9 Å². The number of amides is 1. The predicted molar refractivity (Wildman–Crippen MR) is 87.8 cm³/mol. The van der Waals surface area contributed by atoms with Crippen LogP contribution in [0.25, 0.3) is 0 Å². The maximum Gasteiger partial charge on any atom is 0.222 e. The van der Waals surface area contributed by atoms with Crippen LogP contribution in [0.15, 0.2) is 0 Å². The lowest BCUT2D eigenvalue weighted by atomic mass is 10.1. The van der Waals surface area contributed by atoms with Crippen molar-refractivity contribution in [3.05, 3.63) is 0 Å². The van der Waals surface area contributed by atoms with E-state index >= 15 is 0 Å². The van der Waals surface area contributed by atoms with Crippen LogP contribution in [0.1, 0.15) is 44.9 Å². The van der Waals surface area contributed by atoms with Crippen molar-refractivity contribution in [3.8, 4) is 0 Å². The fraction of sp³-hybridized carbons (Fsp3) is 0.929. The van der Waals surface area contributed by atoms with E-state index in [1.54, 1.807) is 0 Å². The van der Waals surface area contributed by atoms with Crippen molar-refractivity contribution in [1.29, 1.82) is 0 Å². The summed E-state index contributed by atoms with van der Waals surface area (Å²) < 4.78 is 0. The molecule has 0 saturated carbocycles. The minimum atomic E-state index is 0. The highest BCUT2D eigenvalue weighted by atomic mass is 35.5. The summed E-state index contributed by atoms with van der Waals surface area (Å²) in [4.78, 5) is 16.7. The number of hydrogen-bond donors (Lipinski definition) is 1. The highest BCUT2D eigenvalue weighted by molar-refractivity contribution is 5.85. The second-order valence-corrected chi connectivity index (χ2v) is 5.62. The Labute approximate surface area is 135 Å². The largest absolute Gasteiger partial charge is 0.340 e. The summed E-state index contributed by atoms with van der Waals surface area (Å²) in [5, 5.41) is 0. The molecule has 1 amide bonds. The normalized spacial score (nSPS) is 21.9. The minimum absolute atomic E-state index is 0. The number of carbonyl (C=O) groups excluding carboxylic acids is 1. The van der Waals surface area contributed by atoms with E-state index in [9.17, 15) is 4.79 Å². The molecule has 2 aliphatic rings. The monoisotopic (exact) mass is 325 g/mol. The lowest BCUT2D eigenvalue weighted by Gasteiger charge is -2.37. The first-order valence-corrected chi connectivity index (χ1v) is 7.53. The fourth-order valence-electron chi connectivity index (χ4n) is 3.15. The molecule has 6 heteroatoms. The number of nitrogens with two attached hydrogens (primary N) is 1. The molecule has 120 valence electrons. The molecule has 2 N–H and O–H groups in total. The number of unbranched alkanes of at least 4 members (excludes halogenated alkanes) is 3. The van der Waals surface area contributed by atoms with E-state index in [1.165, 1.54) is 25.8 Å². The smallest absolute Gasteiger partial charge is 0.222 e. The van der Waals surface area contributed by atoms with Gasteiger partial charge in [-0.25, -0.2) is 0 Å². The van der Waals surface area contributed by atoms with Gasteiger partial charge >= 0.3 is 0 Å². The summed E-state index contributed by atoms with van der Waals surface area (Å²) in [6, 6.07) is 0.653. The average Bonchev–Trinajstić information content (AvgIpc) is 2.85. The molecule has 0 aromatic heterocycles. The third kappa shape index (κ3) is 5.76. The predicted octanol–water partition coefficient (Wildman–Crippen LogP) is 2.05. The Kier molecular flexibility index (Phi) is 10.6. The third-order valence-electron chi connectivity index (χ3n) is 4.28. The second-order valence-electron chi connectivity index (χ2n) is 5.62. The van der Waals surface area contributed by atoms with Gasteiger partial charge in [0.25, 0.3) is 0 Å². The molecule has 0 radical (unpaired) electrons. The van der Waals surface area contributed by atoms with Crippen LogP contribution in [0.5, 0.6) is 0 Å². The molecule has 2 aliphatic heterocycles. The van der Waals surface area contributed by atoms with E-state index in [4.69, 9.17) is 5.73 Å². The Morgan fingerprint density at radius 3 is 2.55 bits per heavy atom. The third-order valence-corrected chi connectivity index (χ3v) is 4.28. The van der Waals surface area contributed by atoms with Gasteiger partial charge < -0.3 is 10.6 Å². The van der Waals surface area contributed by atoms with Crippen LogP contribution in [0.2, 0.25) is 0 Å². The van der Waals surface area contributed by atoms with Crippen molar-refractivity contribution in [1.82, 2.24) is 9.80 Å². The first kappa shape index (κ1) is 20.0. The molecular weight excluding hydrogens is 297 g/mol. The van der Waals surface area contributed by atoms with Gasteiger partial charge in [0.15, 0.2) is 0 Å². The molecule has 0 aromatic carbocycles. The van der Waals surface area contributed by atoms with Crippen LogP contribution in [0.4, 0.5) is 0 Å². The maximum absolute atomic E-state index is 12.1. The van der Waals surface area contributed by atoms with Crippen LogP contribution in [0.3, 0.4) is 0 Å². The molecule has 2 saturated heterocycles. The molecular formula is C14H29Cl2N3O. The quantitative estimate of drug-likeness (QED) is 0.760. The van der Waals surface area contributed by atoms with Crippen molar-refractivity contribution in [3.63, 3.8) is 0 Å². The van der Waals surface area contributed by atoms with E-state index in [2.05, 4.69) is 9.80 Å². The molecule has 2 rings (SSSR count). The van der Waals surface area contributed by atoms with Crippen LogP contribution >= 0.6 is 24.8 Å². The molecule has 0 spiro atoms. The number of piperazine rings is 1. The van der Waals surface area contributed by atoms with Gasteiger partial charge in [0.1, 0.15) is 0 Å². The van der Waals surface area contributed by atoms with E-state index < -0.39 is 0 Å². The SMILES string of the molecule is Cl.Cl.NCCCCCCC(=O)N1CCN2CCCC2C1. The average molecular weight is 326 g/mol. The first-order chi connectivity index (χ1) is 8.81. The lowest BCUT2D eigenvalue weighted by molar-refractivity contribution is -0.133. The molecule has 1 atom stereocenters. The molecule has 2 fully saturated rings. The number of halogens is 2. The first-order valence-electron chi connectivity index (χ1n) is 7.53. The summed E-state index contributed by atoms with van der Waals surface area (Å²) in [5.41, 5.74) is 5.46. The van der Waals surface area contributed by atoms with Crippen molar-refractivity contribution < 1.29 is 4.79 Å². The summed E-state index contributed by atoms with van der Waals surface area (Å²) >= 11 is 0. The summed E-state index contributed by atoms with van der Waals surface area (Å²) in [5.74, 6) is 0.370. The van der Waals surface area contributed by atoms with E-state index in [0.29, 0.717) is 11.9 Å². The van der Waals surface area contributed by atoms with Gasteiger partial charge in [0.2, 0.25) is 5.91 Å². The minimum Gasteiger partial charge on any atom is -0.340 e. The maximum atomic E-state index is 12.1. The molecule has 0 aromatic rings.